The van der Waals surface area contributed by atoms with Crippen molar-refractivity contribution in [3.05, 3.63) is 71.7 Å². The quantitative estimate of drug-likeness (QED) is 0.751. The van der Waals surface area contributed by atoms with E-state index in [4.69, 9.17) is 5.11 Å². The number of aromatic carboxylic acids is 1. The minimum Gasteiger partial charge on any atom is -0.478 e. The molecule has 3 aromatic rings. The van der Waals surface area contributed by atoms with Gasteiger partial charge in [-0.2, -0.15) is 5.10 Å². The fraction of sp³-hybridized carbons (Fsp3) is 0. The monoisotopic (exact) mass is 310 g/mol. The standard InChI is InChI=1S/C17H11FN2O3/c18-14-5-1-11(2-6-14)16-13(10-21)9-20(19-16)15-7-3-12(4-8-15)17(22)23/h1-10H,(H,22,23). The van der Waals surface area contributed by atoms with Crippen LogP contribution in [-0.4, -0.2) is 27.1 Å². The van der Waals surface area contributed by atoms with Crippen LogP contribution in [0.4, 0.5) is 4.39 Å². The van der Waals surface area contributed by atoms with E-state index < -0.39 is 5.97 Å². The van der Waals surface area contributed by atoms with Gasteiger partial charge in [0.15, 0.2) is 6.29 Å². The van der Waals surface area contributed by atoms with Crippen molar-refractivity contribution in [1.29, 1.82) is 0 Å². The lowest BCUT2D eigenvalue weighted by Gasteiger charge is -2.02. The van der Waals surface area contributed by atoms with Gasteiger partial charge in [0.25, 0.3) is 0 Å². The topological polar surface area (TPSA) is 72.2 Å². The predicted molar refractivity (Wildman–Crippen MR) is 81.3 cm³/mol. The minimum absolute atomic E-state index is 0.162. The van der Waals surface area contributed by atoms with Crippen molar-refractivity contribution in [3.63, 3.8) is 0 Å². The lowest BCUT2D eigenvalue weighted by atomic mass is 10.1. The number of carboxylic acids is 1. The molecular formula is C17H11FN2O3. The summed E-state index contributed by atoms with van der Waals surface area (Å²) in [5, 5.41) is 13.2. The van der Waals surface area contributed by atoms with Crippen LogP contribution >= 0.6 is 0 Å². The summed E-state index contributed by atoms with van der Waals surface area (Å²) in [6.07, 6.45) is 2.22. The molecule has 0 aliphatic heterocycles. The summed E-state index contributed by atoms with van der Waals surface area (Å²) < 4.78 is 14.5. The van der Waals surface area contributed by atoms with Crippen LogP contribution in [0.2, 0.25) is 0 Å². The van der Waals surface area contributed by atoms with Crippen LogP contribution in [0.15, 0.2) is 54.7 Å². The summed E-state index contributed by atoms with van der Waals surface area (Å²) in [7, 11) is 0. The molecule has 2 aromatic carbocycles. The van der Waals surface area contributed by atoms with Gasteiger partial charge in [0.05, 0.1) is 16.8 Å². The third-order valence-electron chi connectivity index (χ3n) is 3.37. The molecule has 0 saturated carbocycles. The van der Waals surface area contributed by atoms with Crippen molar-refractivity contribution in [1.82, 2.24) is 9.78 Å². The SMILES string of the molecule is O=Cc1cn(-c2ccc(C(=O)O)cc2)nc1-c1ccc(F)cc1. The molecule has 0 radical (unpaired) electrons. The Morgan fingerprint density at radius 2 is 1.74 bits per heavy atom. The van der Waals surface area contributed by atoms with Gasteiger partial charge < -0.3 is 5.11 Å². The van der Waals surface area contributed by atoms with Crippen molar-refractivity contribution < 1.29 is 19.1 Å². The summed E-state index contributed by atoms with van der Waals surface area (Å²) in [6.45, 7) is 0. The molecule has 0 atom stereocenters. The second kappa shape index (κ2) is 5.84. The molecule has 5 nitrogen and oxygen atoms in total. The fourth-order valence-corrected chi connectivity index (χ4v) is 2.19. The molecule has 6 heteroatoms. The summed E-state index contributed by atoms with van der Waals surface area (Å²) in [5.74, 6) is -1.39. The summed E-state index contributed by atoms with van der Waals surface area (Å²) in [6, 6.07) is 11.8. The Morgan fingerprint density at radius 1 is 1.09 bits per heavy atom. The van der Waals surface area contributed by atoms with E-state index in [0.717, 1.165) is 0 Å². The lowest BCUT2D eigenvalue weighted by molar-refractivity contribution is 0.0696. The Bertz CT molecular complexity index is 868. The van der Waals surface area contributed by atoms with E-state index in [2.05, 4.69) is 5.10 Å². The van der Waals surface area contributed by atoms with Crippen LogP contribution < -0.4 is 0 Å². The summed E-state index contributed by atoms with van der Waals surface area (Å²) >= 11 is 0. The maximum atomic E-state index is 13.0. The molecule has 0 amide bonds. The van der Waals surface area contributed by atoms with Gasteiger partial charge in [-0.05, 0) is 48.5 Å². The normalized spacial score (nSPS) is 10.5. The van der Waals surface area contributed by atoms with Crippen LogP contribution in [0.3, 0.4) is 0 Å². The van der Waals surface area contributed by atoms with E-state index in [0.29, 0.717) is 28.8 Å². The van der Waals surface area contributed by atoms with E-state index in [1.807, 2.05) is 0 Å². The summed E-state index contributed by atoms with van der Waals surface area (Å²) in [4.78, 5) is 22.1. The number of halogens is 1. The van der Waals surface area contributed by atoms with Crippen LogP contribution in [-0.2, 0) is 0 Å². The number of aromatic nitrogens is 2. The van der Waals surface area contributed by atoms with E-state index in [1.165, 1.54) is 28.9 Å². The maximum absolute atomic E-state index is 13.0. The molecule has 0 unspecified atom stereocenters. The van der Waals surface area contributed by atoms with E-state index >= 15 is 0 Å². The van der Waals surface area contributed by atoms with Gasteiger partial charge in [-0.25, -0.2) is 13.9 Å². The van der Waals surface area contributed by atoms with Gasteiger partial charge in [0, 0.05) is 11.8 Å². The molecule has 0 spiro atoms. The van der Waals surface area contributed by atoms with Gasteiger partial charge >= 0.3 is 5.97 Å². The third-order valence-corrected chi connectivity index (χ3v) is 3.37. The molecule has 0 saturated heterocycles. The molecule has 1 N–H and O–H groups in total. The highest BCUT2D eigenvalue weighted by Crippen LogP contribution is 2.23. The van der Waals surface area contributed by atoms with Gasteiger partial charge in [0.2, 0.25) is 0 Å². The average molecular weight is 310 g/mol. The largest absolute Gasteiger partial charge is 0.478 e. The third kappa shape index (κ3) is 2.87. The van der Waals surface area contributed by atoms with Crippen LogP contribution in [0.25, 0.3) is 16.9 Å². The predicted octanol–water partition coefficient (Wildman–Crippen LogP) is 3.19. The summed E-state index contributed by atoms with van der Waals surface area (Å²) in [5.41, 5.74) is 2.19. The first-order valence-corrected chi connectivity index (χ1v) is 6.73. The minimum atomic E-state index is -1.02. The van der Waals surface area contributed by atoms with Crippen molar-refractivity contribution >= 4 is 12.3 Å². The zero-order valence-corrected chi connectivity index (χ0v) is 11.8. The van der Waals surface area contributed by atoms with Gasteiger partial charge in [-0.3, -0.25) is 4.79 Å². The maximum Gasteiger partial charge on any atom is 0.335 e. The molecule has 1 heterocycles. The van der Waals surface area contributed by atoms with E-state index in [9.17, 15) is 14.0 Å². The molecule has 23 heavy (non-hydrogen) atoms. The second-order valence-corrected chi connectivity index (χ2v) is 4.85. The Labute approximate surface area is 130 Å². The Kier molecular flexibility index (Phi) is 3.72. The highest BCUT2D eigenvalue weighted by Gasteiger charge is 2.12. The number of rotatable bonds is 4. The molecule has 114 valence electrons. The number of nitrogens with zero attached hydrogens (tertiary/aromatic N) is 2. The zero-order valence-electron chi connectivity index (χ0n) is 11.8. The Morgan fingerprint density at radius 3 is 2.30 bits per heavy atom. The lowest BCUT2D eigenvalue weighted by Crippen LogP contribution is -1.98. The number of carboxylic acid groups (broad SMARTS) is 1. The van der Waals surface area contributed by atoms with Crippen molar-refractivity contribution in [2.75, 3.05) is 0 Å². The van der Waals surface area contributed by atoms with Crippen LogP contribution in [0.5, 0.6) is 0 Å². The first kappa shape index (κ1) is 14.6. The highest BCUT2D eigenvalue weighted by molar-refractivity contribution is 5.88. The number of aldehydes is 1. The van der Waals surface area contributed by atoms with Crippen LogP contribution in [0, 0.1) is 5.82 Å². The number of carbonyl (C=O) groups excluding carboxylic acids is 1. The average Bonchev–Trinajstić information content (AvgIpc) is 3.00. The van der Waals surface area contributed by atoms with E-state index in [1.54, 1.807) is 30.5 Å². The van der Waals surface area contributed by atoms with Crippen LogP contribution in [0.1, 0.15) is 20.7 Å². The smallest absolute Gasteiger partial charge is 0.335 e. The first-order chi connectivity index (χ1) is 11.1. The number of benzene rings is 2. The molecule has 1 aromatic heterocycles. The molecule has 0 aliphatic carbocycles. The fourth-order valence-electron chi connectivity index (χ4n) is 2.19. The number of hydrogen-bond donors (Lipinski definition) is 1. The van der Waals surface area contributed by atoms with E-state index in [-0.39, 0.29) is 11.4 Å². The van der Waals surface area contributed by atoms with Crippen molar-refractivity contribution in [3.8, 4) is 16.9 Å². The molecule has 0 aliphatic rings. The Hall–Kier alpha value is -3.28. The first-order valence-electron chi connectivity index (χ1n) is 6.73. The highest BCUT2D eigenvalue weighted by atomic mass is 19.1. The second-order valence-electron chi connectivity index (χ2n) is 4.85. The number of hydrogen-bond acceptors (Lipinski definition) is 3. The molecule has 0 bridgehead atoms. The van der Waals surface area contributed by atoms with Crippen molar-refractivity contribution in [2.24, 2.45) is 0 Å². The van der Waals surface area contributed by atoms with Gasteiger partial charge in [-0.1, -0.05) is 0 Å². The van der Waals surface area contributed by atoms with Gasteiger partial charge in [0.1, 0.15) is 11.5 Å². The van der Waals surface area contributed by atoms with Crippen molar-refractivity contribution in [2.45, 2.75) is 0 Å². The number of carbonyl (C=O) groups is 2. The van der Waals surface area contributed by atoms with Gasteiger partial charge in [-0.15, -0.1) is 0 Å². The molecule has 3 rings (SSSR count). The molecular weight excluding hydrogens is 299 g/mol. The zero-order chi connectivity index (χ0) is 16.4. The Balaban J connectivity index is 2.03. The molecule has 0 fully saturated rings.